The molecule has 3 N–H and O–H groups in total. The largest absolute Gasteiger partial charge is 0.472 e. The summed E-state index contributed by atoms with van der Waals surface area (Å²) < 4.78 is 68.7. The Balaban J connectivity index is 5.37. The molecule has 0 aromatic rings. The molecule has 0 aliphatic rings. The fourth-order valence-corrected chi connectivity index (χ4v) is 12.6. The third-order valence-electron chi connectivity index (χ3n) is 17.2. The second-order valence-corrected chi connectivity index (χ2v) is 30.2. The first-order valence-electron chi connectivity index (χ1n) is 41.1. The lowest BCUT2D eigenvalue weighted by Crippen LogP contribution is -2.30. The minimum absolute atomic E-state index is 0.0769. The van der Waals surface area contributed by atoms with Crippen LogP contribution < -0.4 is 0 Å². The van der Waals surface area contributed by atoms with Gasteiger partial charge in [-0.25, -0.2) is 9.13 Å². The Bertz CT molecular complexity index is 2390. The summed E-state index contributed by atoms with van der Waals surface area (Å²) in [5.74, 6) is -2.21. The SMILES string of the molecule is CC/C=C\C/C=C\C/C=C\C/C=C\C/C=C\CCCCCC(=O)OCC(COP(=O)(O)OCC(O)COP(=O)(O)OCC(COC(=O)CCCCCCCCC/C=C\C/C=C\C/C=C\CC)OC(=O)CCCCCCCCCCCCCCCCC)OC(=O)CCCCCCC/C=C\CCCCCC. The van der Waals surface area contributed by atoms with Crippen molar-refractivity contribution in [2.75, 3.05) is 39.6 Å². The third kappa shape index (κ3) is 75.9. The molecule has 0 heterocycles. The number of phosphoric acid groups is 2. The number of carbonyl (C=O) groups excluding carboxylic acids is 4. The van der Waals surface area contributed by atoms with Crippen LogP contribution in [-0.4, -0.2) is 96.7 Å². The Morgan fingerprint density at radius 2 is 0.500 bits per heavy atom. The monoisotopic (exact) mass is 1500 g/mol. The van der Waals surface area contributed by atoms with Crippen LogP contribution in [0.3, 0.4) is 0 Å². The molecule has 0 saturated carbocycles. The molecule has 0 radical (unpaired) electrons. The van der Waals surface area contributed by atoms with E-state index in [4.69, 9.17) is 37.0 Å². The van der Waals surface area contributed by atoms with Gasteiger partial charge in [0.05, 0.1) is 26.4 Å². The van der Waals surface area contributed by atoms with E-state index in [1.807, 2.05) is 0 Å². The van der Waals surface area contributed by atoms with Crippen molar-refractivity contribution in [2.24, 2.45) is 0 Å². The molecular formula is C85H148O17P2. The van der Waals surface area contributed by atoms with E-state index in [0.717, 1.165) is 180 Å². The fraction of sp³-hybridized carbons (Fsp3) is 0.741. The van der Waals surface area contributed by atoms with E-state index in [0.29, 0.717) is 25.7 Å². The van der Waals surface area contributed by atoms with Crippen LogP contribution in [0.25, 0.3) is 0 Å². The topological polar surface area (TPSA) is 237 Å². The van der Waals surface area contributed by atoms with Gasteiger partial charge >= 0.3 is 39.5 Å². The summed E-state index contributed by atoms with van der Waals surface area (Å²) in [5, 5.41) is 10.7. The molecule has 17 nitrogen and oxygen atoms in total. The molecule has 0 aliphatic heterocycles. The number of aliphatic hydroxyl groups is 1. The lowest BCUT2D eigenvalue weighted by atomic mass is 10.0. The van der Waals surface area contributed by atoms with Crippen LogP contribution in [-0.2, 0) is 65.4 Å². The smallest absolute Gasteiger partial charge is 0.462 e. The number of hydrogen-bond donors (Lipinski definition) is 3. The zero-order valence-corrected chi connectivity index (χ0v) is 67.5. The van der Waals surface area contributed by atoms with Crippen molar-refractivity contribution in [3.8, 4) is 0 Å². The number of unbranched alkanes of at least 4 members (excludes halogenated alkanes) is 33. The number of allylic oxidation sites excluding steroid dienone is 18. The van der Waals surface area contributed by atoms with E-state index in [1.165, 1.54) is 89.9 Å². The normalized spacial score (nSPS) is 14.4. The van der Waals surface area contributed by atoms with Gasteiger partial charge in [-0.15, -0.1) is 0 Å². The van der Waals surface area contributed by atoms with Crippen LogP contribution >= 0.6 is 15.6 Å². The van der Waals surface area contributed by atoms with E-state index >= 15 is 0 Å². The summed E-state index contributed by atoms with van der Waals surface area (Å²) in [7, 11) is -9.97. The average molecular weight is 1500 g/mol. The molecule has 0 bridgehead atoms. The Kier molecular flexibility index (Phi) is 73.7. The van der Waals surface area contributed by atoms with Gasteiger partial charge in [-0.3, -0.25) is 37.3 Å². The van der Waals surface area contributed by atoms with Crippen LogP contribution in [0.4, 0.5) is 0 Å². The number of aliphatic hydroxyl groups excluding tert-OH is 1. The lowest BCUT2D eigenvalue weighted by molar-refractivity contribution is -0.161. The Labute approximate surface area is 632 Å². The zero-order valence-electron chi connectivity index (χ0n) is 65.7. The summed E-state index contributed by atoms with van der Waals surface area (Å²) in [5.41, 5.74) is 0. The first-order chi connectivity index (χ1) is 50.7. The summed E-state index contributed by atoms with van der Waals surface area (Å²) in [4.78, 5) is 73.1. The summed E-state index contributed by atoms with van der Waals surface area (Å²) >= 11 is 0. The molecule has 0 fully saturated rings. The molecule has 104 heavy (non-hydrogen) atoms. The maximum Gasteiger partial charge on any atom is 0.472 e. The molecule has 0 rings (SSSR count). The average Bonchev–Trinajstić information content (AvgIpc) is 0.939. The van der Waals surface area contributed by atoms with Crippen molar-refractivity contribution in [2.45, 2.75) is 367 Å². The number of rotatable bonds is 77. The van der Waals surface area contributed by atoms with Gasteiger partial charge in [0, 0.05) is 25.7 Å². The molecule has 0 spiro atoms. The van der Waals surface area contributed by atoms with Crippen LogP contribution in [0, 0.1) is 0 Å². The van der Waals surface area contributed by atoms with E-state index in [1.54, 1.807) is 0 Å². The standard InChI is InChI=1S/C85H148O17P2/c1-5-9-13-17-21-25-29-33-36-38-39-41-44-47-50-54-58-62-66-70-83(88)95-75-80(101-84(89)71-67-63-59-55-51-45-32-28-24-20-16-12-8-4)77-99-103(91,92)97-73-79(86)74-98-104(93,94)100-78-81(102-85(90)72-68-64-60-56-52-48-42-35-31-27-23-19-15-11-7-3)76-96-82(87)69-65-61-57-53-49-46-43-40-37-34-30-26-22-18-14-10-6-2/h9-10,13-14,21-22,25-26,28,32-34,36-37,39,41,47,50,79-81,86H,5-8,11-12,15-20,23-24,27,29-31,35,38,40,42-46,48-49,51-78H2,1-4H3,(H,91,92)(H,93,94)/b13-9-,14-10-,25-21-,26-22-,32-28-,36-33-,37-34-,41-39-,50-47-. The van der Waals surface area contributed by atoms with Gasteiger partial charge in [0.15, 0.2) is 12.2 Å². The lowest BCUT2D eigenvalue weighted by Gasteiger charge is -2.21. The molecule has 600 valence electrons. The molecule has 0 aromatic heterocycles. The number of ether oxygens (including phenoxy) is 4. The van der Waals surface area contributed by atoms with Crippen molar-refractivity contribution in [1.29, 1.82) is 0 Å². The molecule has 19 heteroatoms. The molecule has 5 atom stereocenters. The molecule has 5 unspecified atom stereocenters. The molecule has 0 amide bonds. The number of carbonyl (C=O) groups is 4. The zero-order chi connectivity index (χ0) is 76.0. The second-order valence-electron chi connectivity index (χ2n) is 27.3. The van der Waals surface area contributed by atoms with Gasteiger partial charge in [-0.05, 0) is 128 Å². The highest BCUT2D eigenvalue weighted by molar-refractivity contribution is 7.47. The minimum atomic E-state index is -4.99. The van der Waals surface area contributed by atoms with Crippen LogP contribution in [0.2, 0.25) is 0 Å². The third-order valence-corrected chi connectivity index (χ3v) is 19.1. The van der Waals surface area contributed by atoms with E-state index in [9.17, 15) is 43.2 Å². The van der Waals surface area contributed by atoms with Crippen LogP contribution in [0.1, 0.15) is 349 Å². The quantitative estimate of drug-likeness (QED) is 0.0169. The van der Waals surface area contributed by atoms with E-state index in [2.05, 4.69) is 137 Å². The van der Waals surface area contributed by atoms with E-state index < -0.39 is 97.5 Å². The predicted molar refractivity (Wildman–Crippen MR) is 427 cm³/mol. The number of phosphoric ester groups is 2. The highest BCUT2D eigenvalue weighted by atomic mass is 31.2. The van der Waals surface area contributed by atoms with Crippen molar-refractivity contribution in [3.63, 3.8) is 0 Å². The Hall–Kier alpha value is -4.28. The minimum Gasteiger partial charge on any atom is -0.462 e. The van der Waals surface area contributed by atoms with Crippen molar-refractivity contribution >= 4 is 39.5 Å². The van der Waals surface area contributed by atoms with E-state index in [-0.39, 0.29) is 25.7 Å². The summed E-state index contributed by atoms with van der Waals surface area (Å²) in [6.45, 7) is 4.63. The Morgan fingerprint density at radius 3 is 0.798 bits per heavy atom. The van der Waals surface area contributed by atoms with Crippen LogP contribution in [0.15, 0.2) is 109 Å². The highest BCUT2D eigenvalue weighted by Crippen LogP contribution is 2.45. The number of esters is 4. The van der Waals surface area contributed by atoms with Gasteiger partial charge in [-0.1, -0.05) is 304 Å². The van der Waals surface area contributed by atoms with Gasteiger partial charge in [-0.2, -0.15) is 0 Å². The van der Waals surface area contributed by atoms with Gasteiger partial charge in [0.2, 0.25) is 0 Å². The highest BCUT2D eigenvalue weighted by Gasteiger charge is 2.30. The van der Waals surface area contributed by atoms with Crippen molar-refractivity contribution in [3.05, 3.63) is 109 Å². The number of hydrogen-bond acceptors (Lipinski definition) is 15. The molecular weight excluding hydrogens is 1350 g/mol. The first kappa shape index (κ1) is 99.7. The van der Waals surface area contributed by atoms with Gasteiger partial charge in [0.25, 0.3) is 0 Å². The molecule has 0 aliphatic carbocycles. The molecule has 0 saturated heterocycles. The van der Waals surface area contributed by atoms with Gasteiger partial charge < -0.3 is 33.8 Å². The second kappa shape index (κ2) is 76.9. The maximum atomic E-state index is 13.1. The summed E-state index contributed by atoms with van der Waals surface area (Å²) in [6.07, 6.45) is 83.4. The van der Waals surface area contributed by atoms with Crippen LogP contribution in [0.5, 0.6) is 0 Å². The fourth-order valence-electron chi connectivity index (χ4n) is 11.0. The maximum absolute atomic E-state index is 13.1. The van der Waals surface area contributed by atoms with Crippen molar-refractivity contribution in [1.82, 2.24) is 0 Å². The Morgan fingerprint density at radius 1 is 0.279 bits per heavy atom. The predicted octanol–water partition coefficient (Wildman–Crippen LogP) is 24.1. The van der Waals surface area contributed by atoms with Gasteiger partial charge in [0.1, 0.15) is 19.3 Å². The summed E-state index contributed by atoms with van der Waals surface area (Å²) in [6, 6.07) is 0. The van der Waals surface area contributed by atoms with Crippen molar-refractivity contribution < 1.29 is 80.2 Å². The molecule has 0 aromatic carbocycles. The first-order valence-corrected chi connectivity index (χ1v) is 44.1.